The van der Waals surface area contributed by atoms with Gasteiger partial charge in [0.15, 0.2) is 0 Å². The molecule has 1 saturated heterocycles. The normalized spacial score (nSPS) is 22.5. The minimum absolute atomic E-state index is 0.507. The number of nitrogens with one attached hydrogen (secondary N) is 1. The Morgan fingerprint density at radius 3 is 3.00 bits per heavy atom. The zero-order chi connectivity index (χ0) is 11.6. The average Bonchev–Trinajstić information content (AvgIpc) is 2.80. The van der Waals surface area contributed by atoms with E-state index in [1.807, 2.05) is 7.05 Å². The maximum atomic E-state index is 5.62. The Morgan fingerprint density at radius 1 is 1.50 bits per heavy atom. The standard InChI is InChI=1S/C13H27NO2/c1-3-9-15-11-12(14-2)6-4-7-13-8-5-10-16-13/h12-14H,3-11H2,1-2H3. The number of rotatable bonds is 9. The van der Waals surface area contributed by atoms with Gasteiger partial charge in [-0.1, -0.05) is 6.92 Å². The van der Waals surface area contributed by atoms with Gasteiger partial charge in [-0.3, -0.25) is 0 Å². The van der Waals surface area contributed by atoms with Gasteiger partial charge in [0.05, 0.1) is 12.7 Å². The van der Waals surface area contributed by atoms with Crippen LogP contribution in [0.5, 0.6) is 0 Å². The van der Waals surface area contributed by atoms with Crippen molar-refractivity contribution in [2.75, 3.05) is 26.9 Å². The van der Waals surface area contributed by atoms with Crippen molar-refractivity contribution in [1.82, 2.24) is 5.32 Å². The summed E-state index contributed by atoms with van der Waals surface area (Å²) in [6.45, 7) is 4.84. The summed E-state index contributed by atoms with van der Waals surface area (Å²) in [5.74, 6) is 0. The third-order valence-electron chi connectivity index (χ3n) is 3.18. The van der Waals surface area contributed by atoms with Crippen LogP contribution in [0.4, 0.5) is 0 Å². The predicted octanol–water partition coefficient (Wildman–Crippen LogP) is 2.35. The van der Waals surface area contributed by atoms with Gasteiger partial charge in [-0.05, 0) is 45.6 Å². The topological polar surface area (TPSA) is 30.5 Å². The maximum Gasteiger partial charge on any atom is 0.0619 e. The lowest BCUT2D eigenvalue weighted by Crippen LogP contribution is -2.30. The fraction of sp³-hybridized carbons (Fsp3) is 1.00. The van der Waals surface area contributed by atoms with Crippen molar-refractivity contribution in [2.45, 2.75) is 57.6 Å². The molecule has 16 heavy (non-hydrogen) atoms. The molecule has 0 amide bonds. The summed E-state index contributed by atoms with van der Waals surface area (Å²) in [6, 6.07) is 0.507. The van der Waals surface area contributed by atoms with E-state index in [1.165, 1.54) is 32.1 Å². The fourth-order valence-corrected chi connectivity index (χ4v) is 2.14. The molecule has 1 rings (SSSR count). The average molecular weight is 229 g/mol. The Bertz CT molecular complexity index is 158. The highest BCUT2D eigenvalue weighted by molar-refractivity contribution is 4.68. The first-order valence-electron chi connectivity index (χ1n) is 6.73. The fourth-order valence-electron chi connectivity index (χ4n) is 2.14. The lowest BCUT2D eigenvalue weighted by molar-refractivity contribution is 0.0932. The van der Waals surface area contributed by atoms with E-state index in [9.17, 15) is 0 Å². The molecule has 0 aromatic heterocycles. The Balaban J connectivity index is 1.99. The van der Waals surface area contributed by atoms with Gasteiger partial charge in [-0.2, -0.15) is 0 Å². The highest BCUT2D eigenvalue weighted by Crippen LogP contribution is 2.18. The van der Waals surface area contributed by atoms with Gasteiger partial charge >= 0.3 is 0 Å². The Hall–Kier alpha value is -0.120. The molecule has 1 aliphatic heterocycles. The van der Waals surface area contributed by atoms with E-state index in [0.717, 1.165) is 26.2 Å². The van der Waals surface area contributed by atoms with E-state index in [1.54, 1.807) is 0 Å². The highest BCUT2D eigenvalue weighted by atomic mass is 16.5. The molecule has 1 N–H and O–H groups in total. The Labute approximate surface area is 99.9 Å². The van der Waals surface area contributed by atoms with Crippen molar-refractivity contribution in [1.29, 1.82) is 0 Å². The summed E-state index contributed by atoms with van der Waals surface area (Å²) >= 11 is 0. The van der Waals surface area contributed by atoms with Crippen LogP contribution < -0.4 is 5.32 Å². The molecule has 1 fully saturated rings. The third-order valence-corrected chi connectivity index (χ3v) is 3.18. The molecule has 0 aliphatic carbocycles. The lowest BCUT2D eigenvalue weighted by atomic mass is 10.1. The second-order valence-corrected chi connectivity index (χ2v) is 4.63. The summed E-state index contributed by atoms with van der Waals surface area (Å²) in [6.07, 6.45) is 7.80. The number of likely N-dealkylation sites (N-methyl/N-ethyl adjacent to an activating group) is 1. The van der Waals surface area contributed by atoms with Crippen LogP contribution in [0.3, 0.4) is 0 Å². The summed E-state index contributed by atoms with van der Waals surface area (Å²) in [5, 5.41) is 3.32. The van der Waals surface area contributed by atoms with E-state index in [2.05, 4.69) is 12.2 Å². The Morgan fingerprint density at radius 2 is 2.38 bits per heavy atom. The van der Waals surface area contributed by atoms with Crippen LogP contribution in [-0.2, 0) is 9.47 Å². The van der Waals surface area contributed by atoms with E-state index in [4.69, 9.17) is 9.47 Å². The van der Waals surface area contributed by atoms with Gasteiger partial charge in [0.2, 0.25) is 0 Å². The Kier molecular flexibility index (Phi) is 7.81. The molecule has 0 aromatic rings. The second kappa shape index (κ2) is 8.97. The first-order valence-corrected chi connectivity index (χ1v) is 6.73. The minimum Gasteiger partial charge on any atom is -0.380 e. The quantitative estimate of drug-likeness (QED) is 0.616. The van der Waals surface area contributed by atoms with Gasteiger partial charge in [-0.15, -0.1) is 0 Å². The molecule has 0 saturated carbocycles. The SMILES string of the molecule is CCCOCC(CCCC1CCCO1)NC. The molecular formula is C13H27NO2. The molecule has 0 bridgehead atoms. The molecule has 2 unspecified atom stereocenters. The molecule has 3 heteroatoms. The van der Waals surface area contributed by atoms with Crippen molar-refractivity contribution >= 4 is 0 Å². The maximum absolute atomic E-state index is 5.62. The van der Waals surface area contributed by atoms with E-state index in [0.29, 0.717) is 12.1 Å². The van der Waals surface area contributed by atoms with Crippen molar-refractivity contribution in [3.8, 4) is 0 Å². The molecule has 3 nitrogen and oxygen atoms in total. The third kappa shape index (κ3) is 5.83. The molecule has 1 heterocycles. The molecule has 2 atom stereocenters. The van der Waals surface area contributed by atoms with E-state index < -0.39 is 0 Å². The lowest BCUT2D eigenvalue weighted by Gasteiger charge is -2.17. The number of ether oxygens (including phenoxy) is 2. The zero-order valence-corrected chi connectivity index (χ0v) is 10.8. The molecule has 96 valence electrons. The first kappa shape index (κ1) is 13.9. The minimum atomic E-state index is 0.507. The van der Waals surface area contributed by atoms with Gasteiger partial charge in [0.25, 0.3) is 0 Å². The molecule has 0 spiro atoms. The summed E-state index contributed by atoms with van der Waals surface area (Å²) in [7, 11) is 2.02. The zero-order valence-electron chi connectivity index (χ0n) is 10.8. The molecule has 1 aliphatic rings. The van der Waals surface area contributed by atoms with Crippen molar-refractivity contribution in [3.05, 3.63) is 0 Å². The van der Waals surface area contributed by atoms with Crippen molar-refractivity contribution in [3.63, 3.8) is 0 Å². The monoisotopic (exact) mass is 229 g/mol. The van der Waals surface area contributed by atoms with Crippen LogP contribution >= 0.6 is 0 Å². The van der Waals surface area contributed by atoms with Gasteiger partial charge in [0, 0.05) is 19.3 Å². The van der Waals surface area contributed by atoms with E-state index in [-0.39, 0.29) is 0 Å². The molecule has 0 radical (unpaired) electrons. The van der Waals surface area contributed by atoms with Gasteiger partial charge in [-0.25, -0.2) is 0 Å². The van der Waals surface area contributed by atoms with Gasteiger partial charge < -0.3 is 14.8 Å². The first-order chi connectivity index (χ1) is 7.86. The van der Waals surface area contributed by atoms with Crippen molar-refractivity contribution in [2.24, 2.45) is 0 Å². The van der Waals surface area contributed by atoms with Crippen molar-refractivity contribution < 1.29 is 9.47 Å². The predicted molar refractivity (Wildman–Crippen MR) is 66.8 cm³/mol. The summed E-state index contributed by atoms with van der Waals surface area (Å²) in [4.78, 5) is 0. The summed E-state index contributed by atoms with van der Waals surface area (Å²) < 4.78 is 11.2. The number of hydrogen-bond acceptors (Lipinski definition) is 3. The molecule has 0 aromatic carbocycles. The van der Waals surface area contributed by atoms with E-state index >= 15 is 0 Å². The molecular weight excluding hydrogens is 202 g/mol. The smallest absolute Gasteiger partial charge is 0.0619 e. The largest absolute Gasteiger partial charge is 0.380 e. The van der Waals surface area contributed by atoms with Crippen LogP contribution in [0.25, 0.3) is 0 Å². The van der Waals surface area contributed by atoms with Gasteiger partial charge in [0.1, 0.15) is 0 Å². The summed E-state index contributed by atoms with van der Waals surface area (Å²) in [5.41, 5.74) is 0. The number of hydrogen-bond donors (Lipinski definition) is 1. The van der Waals surface area contributed by atoms with Crippen LogP contribution in [0.2, 0.25) is 0 Å². The highest BCUT2D eigenvalue weighted by Gasteiger charge is 2.15. The van der Waals surface area contributed by atoms with Crippen LogP contribution in [0, 0.1) is 0 Å². The van der Waals surface area contributed by atoms with Crippen LogP contribution in [-0.4, -0.2) is 39.0 Å². The second-order valence-electron chi connectivity index (χ2n) is 4.63. The van der Waals surface area contributed by atoms with Crippen LogP contribution in [0.1, 0.15) is 45.4 Å². The van der Waals surface area contributed by atoms with Crippen LogP contribution in [0.15, 0.2) is 0 Å².